The Hall–Kier alpha value is -2.39. The van der Waals surface area contributed by atoms with E-state index >= 15 is 0 Å². The summed E-state index contributed by atoms with van der Waals surface area (Å²) in [7, 11) is 3.49. The molecular formula is C30H45ClN4O4. The third-order valence-electron chi connectivity index (χ3n) is 8.02. The van der Waals surface area contributed by atoms with E-state index in [-0.39, 0.29) is 41.8 Å². The van der Waals surface area contributed by atoms with Gasteiger partial charge in [0.25, 0.3) is 5.91 Å². The van der Waals surface area contributed by atoms with Crippen molar-refractivity contribution in [3.8, 4) is 11.6 Å². The van der Waals surface area contributed by atoms with Crippen LogP contribution in [0.2, 0.25) is 5.15 Å². The number of aliphatic hydroxyl groups is 1. The number of likely N-dealkylation sites (N-methyl/N-ethyl adjacent to an activating group) is 1. The highest BCUT2D eigenvalue weighted by atomic mass is 35.5. The van der Waals surface area contributed by atoms with Gasteiger partial charge in [-0.25, -0.2) is 4.98 Å². The molecule has 1 aromatic carbocycles. The van der Waals surface area contributed by atoms with Crippen molar-refractivity contribution in [3.63, 3.8) is 0 Å². The molecule has 0 bridgehead atoms. The number of rotatable bonds is 11. The number of hydrogen-bond donors (Lipinski definition) is 2. The van der Waals surface area contributed by atoms with Crippen molar-refractivity contribution in [3.05, 3.63) is 51.7 Å². The Morgan fingerprint density at radius 3 is 2.51 bits per heavy atom. The first-order chi connectivity index (χ1) is 18.4. The van der Waals surface area contributed by atoms with Crippen LogP contribution in [0.15, 0.2) is 24.3 Å². The minimum Gasteiger partial charge on any atom is -0.491 e. The lowest BCUT2D eigenvalue weighted by atomic mass is 9.88. The van der Waals surface area contributed by atoms with Crippen LogP contribution >= 0.6 is 11.6 Å². The van der Waals surface area contributed by atoms with Crippen LogP contribution in [0, 0.1) is 13.8 Å². The second-order valence-electron chi connectivity index (χ2n) is 10.9. The molecule has 2 N–H and O–H groups in total. The fourth-order valence-electron chi connectivity index (χ4n) is 5.77. The van der Waals surface area contributed by atoms with Gasteiger partial charge < -0.3 is 24.8 Å². The fourth-order valence-corrected chi connectivity index (χ4v) is 5.97. The predicted octanol–water partition coefficient (Wildman–Crippen LogP) is 4.78. The van der Waals surface area contributed by atoms with Crippen LogP contribution in [0.4, 0.5) is 0 Å². The van der Waals surface area contributed by atoms with E-state index in [1.54, 1.807) is 12.1 Å². The fraction of sp³-hybridized carbons (Fsp3) is 0.600. The smallest absolute Gasteiger partial charge is 0.251 e. The summed E-state index contributed by atoms with van der Waals surface area (Å²) in [6.45, 7) is 14.7. The Balaban J connectivity index is 1.65. The van der Waals surface area contributed by atoms with Crippen LogP contribution in [0.1, 0.15) is 73.6 Å². The molecule has 1 aromatic heterocycles. The molecule has 1 fully saturated rings. The number of pyridine rings is 1. The largest absolute Gasteiger partial charge is 0.491 e. The first kappa shape index (κ1) is 31.1. The molecule has 3 rings (SSSR count). The second-order valence-corrected chi connectivity index (χ2v) is 11.3. The number of likely N-dealkylation sites (tertiary alicyclic amines) is 1. The SMILES string of the molecule is CCN(C)C[C@H](O)COc1ccc(C(C)N2C(C)CC(NC(=O)c3cc(Cl)nc(OC)c3)CC2C)c(C)c1C. The minimum absolute atomic E-state index is 0.0562. The number of nitrogens with zero attached hydrogens (tertiary/aromatic N) is 3. The van der Waals surface area contributed by atoms with Crippen molar-refractivity contribution in [2.24, 2.45) is 0 Å². The molecule has 1 amide bonds. The Morgan fingerprint density at radius 2 is 1.90 bits per heavy atom. The zero-order valence-electron chi connectivity index (χ0n) is 24.6. The lowest BCUT2D eigenvalue weighted by Gasteiger charge is -2.46. The Bertz CT molecular complexity index is 1120. The Kier molecular flexibility index (Phi) is 11.0. The van der Waals surface area contributed by atoms with Crippen molar-refractivity contribution in [2.75, 3.05) is 33.9 Å². The summed E-state index contributed by atoms with van der Waals surface area (Å²) in [4.78, 5) is 21.6. The van der Waals surface area contributed by atoms with E-state index in [4.69, 9.17) is 21.1 Å². The predicted molar refractivity (Wildman–Crippen MR) is 156 cm³/mol. The summed E-state index contributed by atoms with van der Waals surface area (Å²) in [5.41, 5.74) is 4.02. The number of aromatic nitrogens is 1. The van der Waals surface area contributed by atoms with Crippen LogP contribution in [0.3, 0.4) is 0 Å². The maximum Gasteiger partial charge on any atom is 0.251 e. The lowest BCUT2D eigenvalue weighted by Crippen LogP contribution is -2.53. The van der Waals surface area contributed by atoms with Gasteiger partial charge in [0, 0.05) is 42.3 Å². The molecule has 0 spiro atoms. The molecule has 0 aliphatic carbocycles. The van der Waals surface area contributed by atoms with Gasteiger partial charge in [0.2, 0.25) is 5.88 Å². The Morgan fingerprint density at radius 1 is 1.23 bits per heavy atom. The van der Waals surface area contributed by atoms with Crippen molar-refractivity contribution >= 4 is 17.5 Å². The number of piperidine rings is 1. The van der Waals surface area contributed by atoms with Crippen LogP contribution in [0.5, 0.6) is 11.6 Å². The van der Waals surface area contributed by atoms with Gasteiger partial charge in [0.15, 0.2) is 0 Å². The molecule has 1 aliphatic heterocycles. The first-order valence-electron chi connectivity index (χ1n) is 13.8. The molecule has 2 aromatic rings. The minimum atomic E-state index is -0.533. The molecule has 1 aliphatic rings. The van der Waals surface area contributed by atoms with Crippen LogP contribution < -0.4 is 14.8 Å². The van der Waals surface area contributed by atoms with E-state index in [1.165, 1.54) is 18.2 Å². The monoisotopic (exact) mass is 560 g/mol. The maximum absolute atomic E-state index is 13.0. The van der Waals surface area contributed by atoms with Gasteiger partial charge in [-0.15, -0.1) is 0 Å². The number of carbonyl (C=O) groups excluding carboxylic acids is 1. The molecule has 216 valence electrons. The number of ether oxygens (including phenoxy) is 2. The number of halogens is 1. The van der Waals surface area contributed by atoms with E-state index in [2.05, 4.69) is 67.7 Å². The molecule has 2 heterocycles. The van der Waals surface area contributed by atoms with Gasteiger partial charge in [-0.1, -0.05) is 24.6 Å². The molecule has 8 nitrogen and oxygen atoms in total. The number of hydrogen-bond acceptors (Lipinski definition) is 7. The summed E-state index contributed by atoms with van der Waals surface area (Å²) in [6.07, 6.45) is 1.16. The van der Waals surface area contributed by atoms with Crippen molar-refractivity contribution in [1.29, 1.82) is 0 Å². The van der Waals surface area contributed by atoms with E-state index in [9.17, 15) is 9.90 Å². The zero-order chi connectivity index (χ0) is 28.9. The maximum atomic E-state index is 13.0. The summed E-state index contributed by atoms with van der Waals surface area (Å²) < 4.78 is 11.2. The number of amides is 1. The molecule has 1 saturated heterocycles. The zero-order valence-corrected chi connectivity index (χ0v) is 25.4. The van der Waals surface area contributed by atoms with E-state index in [0.717, 1.165) is 30.7 Å². The summed E-state index contributed by atoms with van der Waals surface area (Å²) in [5.74, 6) is 0.967. The summed E-state index contributed by atoms with van der Waals surface area (Å²) in [5, 5.41) is 13.7. The molecule has 39 heavy (non-hydrogen) atoms. The topological polar surface area (TPSA) is 87.2 Å². The molecule has 9 heteroatoms. The molecule has 3 unspecified atom stereocenters. The standard InChI is InChI=1S/C30H45ClN4O4/c1-9-34(7)16-25(36)17-39-27-11-10-26(20(4)21(27)5)22(6)35-18(2)12-24(13-19(35)3)32-30(37)23-14-28(31)33-29(15-23)38-8/h10-11,14-15,18-19,22,24-25,36H,9,12-13,16-17H2,1-8H3,(H,32,37)/t18?,19?,22?,24?,25-/m0/s1. The van der Waals surface area contributed by atoms with E-state index in [1.807, 2.05) is 13.1 Å². The molecule has 0 radical (unpaired) electrons. The quantitative estimate of drug-likeness (QED) is 0.382. The number of aliphatic hydroxyl groups excluding tert-OH is 1. The van der Waals surface area contributed by atoms with Crippen LogP contribution in [-0.4, -0.2) is 83.9 Å². The third kappa shape index (κ3) is 7.84. The van der Waals surface area contributed by atoms with Crippen LogP contribution in [0.25, 0.3) is 0 Å². The third-order valence-corrected chi connectivity index (χ3v) is 8.21. The molecule has 4 atom stereocenters. The van der Waals surface area contributed by atoms with Gasteiger partial charge in [-0.05, 0) is 89.9 Å². The second kappa shape index (κ2) is 13.8. The van der Waals surface area contributed by atoms with Crippen molar-refractivity contribution in [2.45, 2.75) is 84.7 Å². The normalized spacial score (nSPS) is 21.5. The van der Waals surface area contributed by atoms with Gasteiger partial charge in [-0.3, -0.25) is 9.69 Å². The average molecular weight is 561 g/mol. The molecular weight excluding hydrogens is 516 g/mol. The number of methoxy groups -OCH3 is 1. The number of carbonyl (C=O) groups is 1. The van der Waals surface area contributed by atoms with Gasteiger partial charge in [-0.2, -0.15) is 0 Å². The molecule has 0 saturated carbocycles. The number of benzene rings is 1. The first-order valence-corrected chi connectivity index (χ1v) is 14.2. The highest BCUT2D eigenvalue weighted by molar-refractivity contribution is 6.29. The average Bonchev–Trinajstić information content (AvgIpc) is 2.88. The van der Waals surface area contributed by atoms with Gasteiger partial charge in [0.05, 0.1) is 7.11 Å². The summed E-state index contributed by atoms with van der Waals surface area (Å²) >= 11 is 6.06. The Labute approximate surface area is 238 Å². The van der Waals surface area contributed by atoms with Crippen LogP contribution in [-0.2, 0) is 0 Å². The summed E-state index contributed by atoms with van der Waals surface area (Å²) in [6, 6.07) is 8.14. The van der Waals surface area contributed by atoms with Gasteiger partial charge in [0.1, 0.15) is 23.6 Å². The highest BCUT2D eigenvalue weighted by Gasteiger charge is 2.35. The van der Waals surface area contributed by atoms with Crippen molar-refractivity contribution in [1.82, 2.24) is 20.1 Å². The van der Waals surface area contributed by atoms with E-state index in [0.29, 0.717) is 18.0 Å². The van der Waals surface area contributed by atoms with Gasteiger partial charge >= 0.3 is 0 Å². The highest BCUT2D eigenvalue weighted by Crippen LogP contribution is 2.36. The van der Waals surface area contributed by atoms with Crippen molar-refractivity contribution < 1.29 is 19.4 Å². The number of nitrogens with one attached hydrogen (secondary N) is 1. The lowest BCUT2D eigenvalue weighted by molar-refractivity contribution is 0.0438. The van der Waals surface area contributed by atoms with E-state index < -0.39 is 6.10 Å².